The molecule has 2 rings (SSSR count). The summed E-state index contributed by atoms with van der Waals surface area (Å²) >= 11 is 0. The molecule has 0 unspecified atom stereocenters. The topological polar surface area (TPSA) is 66.5 Å². The minimum Gasteiger partial charge on any atom is -0.339 e. The number of carbonyl (C=O) groups is 1. The van der Waals surface area contributed by atoms with Crippen molar-refractivity contribution in [2.45, 2.75) is 38.1 Å². The summed E-state index contributed by atoms with van der Waals surface area (Å²) in [6.07, 6.45) is 0.987. The Morgan fingerprint density at radius 1 is 1.08 bits per heavy atom. The van der Waals surface area contributed by atoms with E-state index in [0.717, 1.165) is 11.1 Å². The molecular weight excluding hydrogens is 348 g/mol. The van der Waals surface area contributed by atoms with Crippen molar-refractivity contribution in [1.82, 2.24) is 9.62 Å². The lowest BCUT2D eigenvalue weighted by atomic mass is 10.1. The van der Waals surface area contributed by atoms with Crippen LogP contribution in [-0.4, -0.2) is 32.8 Å². The fourth-order valence-electron chi connectivity index (χ4n) is 2.73. The molecule has 2 aromatic rings. The quantitative estimate of drug-likeness (QED) is 0.773. The highest BCUT2D eigenvalue weighted by Gasteiger charge is 2.14. The minimum atomic E-state index is -3.43. The molecule has 0 fully saturated rings. The second-order valence-corrected chi connectivity index (χ2v) is 8.07. The van der Waals surface area contributed by atoms with E-state index in [9.17, 15) is 13.2 Å². The number of hydrogen-bond donors (Lipinski definition) is 1. The van der Waals surface area contributed by atoms with Crippen LogP contribution in [0.2, 0.25) is 0 Å². The smallest absolute Gasteiger partial charge is 0.240 e. The number of nitrogens with zero attached hydrogens (tertiary/aromatic N) is 1. The normalized spacial score (nSPS) is 11.3. The molecule has 1 amide bonds. The zero-order chi connectivity index (χ0) is 19.2. The molecule has 0 aliphatic carbocycles. The third-order valence-corrected chi connectivity index (χ3v) is 5.92. The summed E-state index contributed by atoms with van der Waals surface area (Å²) in [5, 5.41) is 0. The molecule has 0 radical (unpaired) electrons. The van der Waals surface area contributed by atoms with Gasteiger partial charge >= 0.3 is 0 Å². The van der Waals surface area contributed by atoms with Crippen molar-refractivity contribution in [3.8, 4) is 0 Å². The van der Waals surface area contributed by atoms with Crippen LogP contribution in [0.3, 0.4) is 0 Å². The fourth-order valence-corrected chi connectivity index (χ4v) is 3.46. The van der Waals surface area contributed by atoms with E-state index < -0.39 is 10.0 Å². The molecule has 0 atom stereocenters. The van der Waals surface area contributed by atoms with Gasteiger partial charge in [-0.25, -0.2) is 13.1 Å². The van der Waals surface area contributed by atoms with Crippen molar-refractivity contribution < 1.29 is 13.2 Å². The highest BCUT2D eigenvalue weighted by molar-refractivity contribution is 7.89. The van der Waals surface area contributed by atoms with Crippen molar-refractivity contribution >= 4 is 15.9 Å². The fraction of sp³-hybridized carbons (Fsp3) is 0.350. The van der Waals surface area contributed by atoms with Gasteiger partial charge in [0.15, 0.2) is 0 Å². The molecule has 5 nitrogen and oxygen atoms in total. The third kappa shape index (κ3) is 5.16. The third-order valence-electron chi connectivity index (χ3n) is 4.49. The first-order chi connectivity index (χ1) is 12.4. The van der Waals surface area contributed by atoms with Crippen LogP contribution in [0.15, 0.2) is 53.4 Å². The zero-order valence-corrected chi connectivity index (χ0v) is 16.3. The van der Waals surface area contributed by atoms with Gasteiger partial charge in [-0.2, -0.15) is 0 Å². The zero-order valence-electron chi connectivity index (χ0n) is 15.5. The van der Waals surface area contributed by atoms with Crippen LogP contribution in [0.25, 0.3) is 0 Å². The number of sulfonamides is 1. The molecule has 0 heterocycles. The van der Waals surface area contributed by atoms with E-state index in [0.29, 0.717) is 25.9 Å². The van der Waals surface area contributed by atoms with Gasteiger partial charge in [0.25, 0.3) is 0 Å². The van der Waals surface area contributed by atoms with Gasteiger partial charge in [-0.3, -0.25) is 4.79 Å². The summed E-state index contributed by atoms with van der Waals surface area (Å²) in [6.45, 7) is 5.30. The highest BCUT2D eigenvalue weighted by atomic mass is 32.2. The Bertz CT molecular complexity index is 846. The second kappa shape index (κ2) is 8.96. The van der Waals surface area contributed by atoms with Crippen molar-refractivity contribution in [2.24, 2.45) is 0 Å². The van der Waals surface area contributed by atoms with E-state index in [4.69, 9.17) is 0 Å². The lowest BCUT2D eigenvalue weighted by molar-refractivity contribution is -0.131. The maximum Gasteiger partial charge on any atom is 0.240 e. The maximum absolute atomic E-state index is 12.6. The van der Waals surface area contributed by atoms with Gasteiger partial charge < -0.3 is 4.90 Å². The van der Waals surface area contributed by atoms with Gasteiger partial charge in [-0.15, -0.1) is 0 Å². The average molecular weight is 375 g/mol. The van der Waals surface area contributed by atoms with Crippen LogP contribution in [0.1, 0.15) is 30.0 Å². The molecule has 140 valence electrons. The Labute approximate surface area is 156 Å². The minimum absolute atomic E-state index is 0.0997. The molecule has 6 heteroatoms. The first-order valence-electron chi connectivity index (χ1n) is 8.72. The van der Waals surface area contributed by atoms with E-state index in [1.807, 2.05) is 30.0 Å². The predicted molar refractivity (Wildman–Crippen MR) is 103 cm³/mol. The van der Waals surface area contributed by atoms with Gasteiger partial charge in [-0.05, 0) is 56.1 Å². The Balaban J connectivity index is 1.97. The van der Waals surface area contributed by atoms with E-state index >= 15 is 0 Å². The second-order valence-electron chi connectivity index (χ2n) is 6.19. The SMILES string of the molecule is CCN(Cc1ccccc1C)C(=O)CCc1ccc(S(=O)(=O)NC)cc1. The van der Waals surface area contributed by atoms with Crippen molar-refractivity contribution in [2.75, 3.05) is 13.6 Å². The molecular formula is C20H26N2O3S. The van der Waals surface area contributed by atoms with Crippen molar-refractivity contribution in [1.29, 1.82) is 0 Å². The van der Waals surface area contributed by atoms with Crippen LogP contribution in [-0.2, 0) is 27.8 Å². The summed E-state index contributed by atoms with van der Waals surface area (Å²) < 4.78 is 25.8. The largest absolute Gasteiger partial charge is 0.339 e. The molecule has 0 saturated carbocycles. The number of aryl methyl sites for hydroxylation is 2. The predicted octanol–water partition coefficient (Wildman–Crippen LogP) is 2.88. The highest BCUT2D eigenvalue weighted by Crippen LogP contribution is 2.14. The Hall–Kier alpha value is -2.18. The van der Waals surface area contributed by atoms with E-state index in [1.54, 1.807) is 24.3 Å². The maximum atomic E-state index is 12.6. The molecule has 26 heavy (non-hydrogen) atoms. The Morgan fingerprint density at radius 2 is 1.73 bits per heavy atom. The Morgan fingerprint density at radius 3 is 2.31 bits per heavy atom. The summed E-state index contributed by atoms with van der Waals surface area (Å²) in [7, 11) is -2.04. The molecule has 0 aliphatic heterocycles. The number of rotatable bonds is 8. The van der Waals surface area contributed by atoms with E-state index in [2.05, 4.69) is 17.7 Å². The van der Waals surface area contributed by atoms with Crippen LogP contribution < -0.4 is 4.72 Å². The standard InChI is InChI=1S/C20H26N2O3S/c1-4-22(15-18-8-6-5-7-16(18)2)20(23)14-11-17-9-12-19(13-10-17)26(24,25)21-3/h5-10,12-13,21H,4,11,14-15H2,1-3H3. The van der Waals surface area contributed by atoms with Crippen LogP contribution in [0, 0.1) is 6.92 Å². The molecule has 0 spiro atoms. The van der Waals surface area contributed by atoms with Gasteiger partial charge in [-0.1, -0.05) is 36.4 Å². The first kappa shape index (κ1) is 20.1. The van der Waals surface area contributed by atoms with Crippen LogP contribution in [0.4, 0.5) is 0 Å². The monoisotopic (exact) mass is 374 g/mol. The Kier molecular flexibility index (Phi) is 6.94. The average Bonchev–Trinajstić information content (AvgIpc) is 2.65. The van der Waals surface area contributed by atoms with Crippen LogP contribution in [0.5, 0.6) is 0 Å². The molecule has 0 aromatic heterocycles. The summed E-state index contributed by atoms with van der Waals surface area (Å²) in [4.78, 5) is 14.6. The van der Waals surface area contributed by atoms with Crippen LogP contribution >= 0.6 is 0 Å². The first-order valence-corrected chi connectivity index (χ1v) is 10.2. The summed E-state index contributed by atoms with van der Waals surface area (Å²) in [5.41, 5.74) is 3.28. The van der Waals surface area contributed by atoms with Gasteiger partial charge in [0.05, 0.1) is 4.90 Å². The lowest BCUT2D eigenvalue weighted by Crippen LogP contribution is -2.30. The molecule has 0 saturated heterocycles. The number of amides is 1. The summed E-state index contributed by atoms with van der Waals surface area (Å²) in [5.74, 6) is 0.0997. The molecule has 2 aromatic carbocycles. The molecule has 1 N–H and O–H groups in total. The molecule has 0 bridgehead atoms. The number of hydrogen-bond acceptors (Lipinski definition) is 3. The number of carbonyl (C=O) groups excluding carboxylic acids is 1. The van der Waals surface area contributed by atoms with Crippen molar-refractivity contribution in [3.63, 3.8) is 0 Å². The number of nitrogens with one attached hydrogen (secondary N) is 1. The van der Waals surface area contributed by atoms with Gasteiger partial charge in [0.2, 0.25) is 15.9 Å². The molecule has 0 aliphatic rings. The van der Waals surface area contributed by atoms with Crippen molar-refractivity contribution in [3.05, 3.63) is 65.2 Å². The van der Waals surface area contributed by atoms with Gasteiger partial charge in [0.1, 0.15) is 0 Å². The van der Waals surface area contributed by atoms with E-state index in [1.165, 1.54) is 12.6 Å². The van der Waals surface area contributed by atoms with E-state index in [-0.39, 0.29) is 10.8 Å². The van der Waals surface area contributed by atoms with Gasteiger partial charge in [0, 0.05) is 19.5 Å². The summed E-state index contributed by atoms with van der Waals surface area (Å²) in [6, 6.07) is 14.7. The number of benzene rings is 2. The lowest BCUT2D eigenvalue weighted by Gasteiger charge is -2.22.